The summed E-state index contributed by atoms with van der Waals surface area (Å²) in [6.07, 6.45) is 0. The molecule has 0 spiro atoms. The van der Waals surface area contributed by atoms with Gasteiger partial charge in [-0.3, -0.25) is 9.69 Å². The van der Waals surface area contributed by atoms with Gasteiger partial charge in [0, 0.05) is 37.4 Å². The van der Waals surface area contributed by atoms with Gasteiger partial charge in [-0.1, -0.05) is 41.7 Å². The molecule has 3 atom stereocenters. The van der Waals surface area contributed by atoms with Gasteiger partial charge in [0.2, 0.25) is 10.1 Å². The van der Waals surface area contributed by atoms with Crippen LogP contribution in [-0.2, 0) is 6.54 Å². The average Bonchev–Trinajstić information content (AvgIpc) is 2.95. The standard InChI is InChI=1S/C18H19N5OS/c1-11-7-15(24)23-18(19-11)25-17(21-23)20-16-13-9-22(10-14(13)16)8-12-5-3-2-4-6-12/h2-7,13-14,16H,8-10H2,1H3,(H,20,21)/t13-,14+,16?. The van der Waals surface area contributed by atoms with E-state index in [4.69, 9.17) is 0 Å². The maximum absolute atomic E-state index is 12.0. The van der Waals surface area contributed by atoms with Gasteiger partial charge in [-0.25, -0.2) is 4.98 Å². The summed E-state index contributed by atoms with van der Waals surface area (Å²) in [6, 6.07) is 12.6. The Bertz CT molecular complexity index is 970. The van der Waals surface area contributed by atoms with Crippen molar-refractivity contribution < 1.29 is 0 Å². The SMILES string of the molecule is Cc1cc(=O)n2nc(NC3[C@H]4CN(Cc5ccccc5)C[C@@H]34)sc2n1. The second-order valence-corrected chi connectivity index (χ2v) is 7.97. The van der Waals surface area contributed by atoms with Gasteiger partial charge in [0.1, 0.15) is 0 Å². The van der Waals surface area contributed by atoms with Crippen LogP contribution in [0.25, 0.3) is 4.96 Å². The molecule has 1 saturated heterocycles. The van der Waals surface area contributed by atoms with E-state index in [0.717, 1.165) is 30.5 Å². The van der Waals surface area contributed by atoms with E-state index in [9.17, 15) is 4.79 Å². The molecule has 1 saturated carbocycles. The van der Waals surface area contributed by atoms with Crippen LogP contribution in [-0.4, -0.2) is 38.6 Å². The number of nitrogens with one attached hydrogen (secondary N) is 1. The van der Waals surface area contributed by atoms with E-state index in [2.05, 4.69) is 50.6 Å². The van der Waals surface area contributed by atoms with Crippen LogP contribution in [0.2, 0.25) is 0 Å². The molecular weight excluding hydrogens is 334 g/mol. The van der Waals surface area contributed by atoms with Gasteiger partial charge in [-0.15, -0.1) is 5.10 Å². The van der Waals surface area contributed by atoms with E-state index in [1.807, 2.05) is 6.92 Å². The summed E-state index contributed by atoms with van der Waals surface area (Å²) in [6.45, 7) is 5.11. The third-order valence-electron chi connectivity index (χ3n) is 5.18. The molecule has 0 radical (unpaired) electrons. The van der Waals surface area contributed by atoms with E-state index in [1.165, 1.54) is 27.5 Å². The first-order chi connectivity index (χ1) is 12.2. The minimum Gasteiger partial charge on any atom is -0.357 e. The van der Waals surface area contributed by atoms with Gasteiger partial charge in [0.25, 0.3) is 5.56 Å². The summed E-state index contributed by atoms with van der Waals surface area (Å²) in [4.78, 5) is 19.5. The Balaban J connectivity index is 1.24. The number of aromatic nitrogens is 3. The molecular formula is C18H19N5OS. The molecule has 2 aliphatic rings. The van der Waals surface area contributed by atoms with Crippen LogP contribution in [0.3, 0.4) is 0 Å². The summed E-state index contributed by atoms with van der Waals surface area (Å²) >= 11 is 1.45. The first-order valence-electron chi connectivity index (χ1n) is 8.58. The van der Waals surface area contributed by atoms with Crippen molar-refractivity contribution in [3.05, 3.63) is 58.0 Å². The van der Waals surface area contributed by atoms with Crippen molar-refractivity contribution in [3.8, 4) is 0 Å². The second kappa shape index (κ2) is 5.64. The van der Waals surface area contributed by atoms with Crippen molar-refractivity contribution in [2.24, 2.45) is 11.8 Å². The van der Waals surface area contributed by atoms with Crippen molar-refractivity contribution in [1.82, 2.24) is 19.5 Å². The molecule has 3 heterocycles. The van der Waals surface area contributed by atoms with Crippen LogP contribution < -0.4 is 10.9 Å². The highest BCUT2D eigenvalue weighted by molar-refractivity contribution is 7.20. The number of hydrogen-bond donors (Lipinski definition) is 1. The second-order valence-electron chi connectivity index (χ2n) is 7.01. The molecule has 2 aromatic heterocycles. The van der Waals surface area contributed by atoms with E-state index >= 15 is 0 Å². The number of likely N-dealkylation sites (tertiary alicyclic amines) is 1. The molecule has 1 unspecified atom stereocenters. The Morgan fingerprint density at radius 2 is 2.00 bits per heavy atom. The Hall–Kier alpha value is -2.25. The number of fused-ring (bicyclic) bond motifs is 2. The van der Waals surface area contributed by atoms with Gasteiger partial charge in [-0.05, 0) is 24.3 Å². The Kier molecular flexibility index (Phi) is 3.39. The molecule has 5 rings (SSSR count). The summed E-state index contributed by atoms with van der Waals surface area (Å²) < 4.78 is 1.39. The number of benzene rings is 1. The van der Waals surface area contributed by atoms with Crippen LogP contribution in [0, 0.1) is 18.8 Å². The molecule has 0 bridgehead atoms. The summed E-state index contributed by atoms with van der Waals surface area (Å²) in [7, 11) is 0. The molecule has 2 fully saturated rings. The highest BCUT2D eigenvalue weighted by Gasteiger charge is 2.55. The lowest BCUT2D eigenvalue weighted by Crippen LogP contribution is -2.27. The van der Waals surface area contributed by atoms with Crippen LogP contribution in [0.4, 0.5) is 5.13 Å². The van der Waals surface area contributed by atoms with E-state index < -0.39 is 0 Å². The predicted molar refractivity (Wildman–Crippen MR) is 98.0 cm³/mol. The molecule has 1 aromatic carbocycles. The zero-order chi connectivity index (χ0) is 17.0. The molecule has 6 nitrogen and oxygen atoms in total. The van der Waals surface area contributed by atoms with Crippen LogP contribution >= 0.6 is 11.3 Å². The molecule has 7 heteroatoms. The maximum atomic E-state index is 12.0. The normalized spacial score (nSPS) is 25.2. The molecule has 3 aromatic rings. The number of piperidine rings is 1. The van der Waals surface area contributed by atoms with Crippen molar-refractivity contribution in [3.63, 3.8) is 0 Å². The predicted octanol–water partition coefficient (Wildman–Crippen LogP) is 2.00. The largest absolute Gasteiger partial charge is 0.357 e. The first-order valence-corrected chi connectivity index (χ1v) is 9.39. The maximum Gasteiger partial charge on any atom is 0.275 e. The van der Waals surface area contributed by atoms with Crippen LogP contribution in [0.5, 0.6) is 0 Å². The Morgan fingerprint density at radius 3 is 2.76 bits per heavy atom. The van der Waals surface area contributed by atoms with Crippen molar-refractivity contribution >= 4 is 21.4 Å². The Labute approximate surface area is 149 Å². The summed E-state index contributed by atoms with van der Waals surface area (Å²) in [5, 5.41) is 8.70. The number of hydrogen-bond acceptors (Lipinski definition) is 6. The highest BCUT2D eigenvalue weighted by atomic mass is 32.1. The minimum atomic E-state index is -0.114. The monoisotopic (exact) mass is 353 g/mol. The highest BCUT2D eigenvalue weighted by Crippen LogP contribution is 2.47. The van der Waals surface area contributed by atoms with Crippen LogP contribution in [0.15, 0.2) is 41.2 Å². The third kappa shape index (κ3) is 2.73. The lowest BCUT2D eigenvalue weighted by Gasteiger charge is -2.19. The summed E-state index contributed by atoms with van der Waals surface area (Å²) in [5.74, 6) is 1.37. The number of nitrogens with zero attached hydrogens (tertiary/aromatic N) is 4. The number of rotatable bonds is 4. The molecule has 1 aliphatic carbocycles. The van der Waals surface area contributed by atoms with Gasteiger partial charge >= 0.3 is 0 Å². The fourth-order valence-corrected chi connectivity index (χ4v) is 4.82. The van der Waals surface area contributed by atoms with Crippen molar-refractivity contribution in [2.45, 2.75) is 19.5 Å². The molecule has 128 valence electrons. The molecule has 1 aliphatic heterocycles. The minimum absolute atomic E-state index is 0.114. The van der Waals surface area contributed by atoms with Crippen molar-refractivity contribution in [2.75, 3.05) is 18.4 Å². The third-order valence-corrected chi connectivity index (χ3v) is 6.02. The van der Waals surface area contributed by atoms with E-state index in [0.29, 0.717) is 22.8 Å². The van der Waals surface area contributed by atoms with Gasteiger partial charge in [0.05, 0.1) is 0 Å². The fraction of sp³-hybridized carbons (Fsp3) is 0.389. The van der Waals surface area contributed by atoms with Gasteiger partial charge < -0.3 is 5.32 Å². The smallest absolute Gasteiger partial charge is 0.275 e. The average molecular weight is 353 g/mol. The number of anilines is 1. The summed E-state index contributed by atoms with van der Waals surface area (Å²) in [5.41, 5.74) is 2.00. The van der Waals surface area contributed by atoms with Crippen LogP contribution in [0.1, 0.15) is 11.3 Å². The quantitative estimate of drug-likeness (QED) is 0.777. The zero-order valence-corrected chi connectivity index (χ0v) is 14.7. The molecule has 1 N–H and O–H groups in total. The number of aryl methyl sites for hydroxylation is 1. The van der Waals surface area contributed by atoms with Gasteiger partial charge in [0.15, 0.2) is 0 Å². The first kappa shape index (κ1) is 15.0. The van der Waals surface area contributed by atoms with E-state index in [-0.39, 0.29) is 5.56 Å². The fourth-order valence-electron chi connectivity index (χ4n) is 3.92. The molecule has 0 amide bonds. The topological polar surface area (TPSA) is 62.5 Å². The zero-order valence-electron chi connectivity index (χ0n) is 13.9. The van der Waals surface area contributed by atoms with Crippen molar-refractivity contribution in [1.29, 1.82) is 0 Å². The molecule has 25 heavy (non-hydrogen) atoms. The lowest BCUT2D eigenvalue weighted by atomic mass is 10.2. The Morgan fingerprint density at radius 1 is 1.24 bits per heavy atom. The van der Waals surface area contributed by atoms with E-state index in [1.54, 1.807) is 0 Å². The lowest BCUT2D eigenvalue weighted by molar-refractivity contribution is 0.293. The van der Waals surface area contributed by atoms with Gasteiger partial charge in [-0.2, -0.15) is 4.52 Å².